The average molecular weight is 317 g/mol. The lowest BCUT2D eigenvalue weighted by Crippen LogP contribution is -2.20. The van der Waals surface area contributed by atoms with Gasteiger partial charge >= 0.3 is 0 Å². The molecule has 0 spiro atoms. The van der Waals surface area contributed by atoms with Crippen LogP contribution in [0.1, 0.15) is 35.2 Å². The molecule has 124 valence electrons. The van der Waals surface area contributed by atoms with Crippen molar-refractivity contribution in [2.75, 3.05) is 21.2 Å². The summed E-state index contributed by atoms with van der Waals surface area (Å²) in [5.41, 5.74) is 1.22. The van der Waals surface area contributed by atoms with Crippen molar-refractivity contribution in [2.45, 2.75) is 26.4 Å². The van der Waals surface area contributed by atoms with Crippen molar-refractivity contribution in [1.82, 2.24) is 4.90 Å². The van der Waals surface area contributed by atoms with Gasteiger partial charge in [-0.3, -0.25) is 4.79 Å². The third kappa shape index (κ3) is 4.28. The fourth-order valence-corrected chi connectivity index (χ4v) is 2.22. The Bertz CT molecular complexity index is 661. The molecule has 0 aliphatic rings. The number of furan rings is 1. The lowest BCUT2D eigenvalue weighted by atomic mass is 10.1. The summed E-state index contributed by atoms with van der Waals surface area (Å²) in [4.78, 5) is 13.3. The molecule has 1 aromatic heterocycles. The molecule has 0 atom stereocenters. The predicted molar refractivity (Wildman–Crippen MR) is 88.0 cm³/mol. The number of carbonyl (C=O) groups is 1. The number of benzene rings is 1. The first-order valence-electron chi connectivity index (χ1n) is 7.65. The lowest BCUT2D eigenvalue weighted by Gasteiger charge is -2.11. The Labute approximate surface area is 136 Å². The number of nitrogens with zero attached hydrogens (tertiary/aromatic N) is 1. The van der Waals surface area contributed by atoms with Crippen LogP contribution in [0.15, 0.2) is 34.7 Å². The highest BCUT2D eigenvalue weighted by molar-refractivity contribution is 5.91. The summed E-state index contributed by atoms with van der Waals surface area (Å²) in [5, 5.41) is 0. The van der Waals surface area contributed by atoms with Gasteiger partial charge in [-0.05, 0) is 36.2 Å². The summed E-state index contributed by atoms with van der Waals surface area (Å²) in [5.74, 6) is 2.09. The van der Waals surface area contributed by atoms with Crippen LogP contribution >= 0.6 is 0 Å². The van der Waals surface area contributed by atoms with E-state index in [4.69, 9.17) is 13.9 Å². The molecule has 0 N–H and O–H groups in total. The van der Waals surface area contributed by atoms with E-state index in [-0.39, 0.29) is 12.5 Å². The van der Waals surface area contributed by atoms with Crippen LogP contribution in [-0.2, 0) is 13.0 Å². The van der Waals surface area contributed by atoms with Crippen molar-refractivity contribution in [3.05, 3.63) is 47.4 Å². The van der Waals surface area contributed by atoms with Crippen LogP contribution in [0.25, 0.3) is 0 Å². The first kappa shape index (κ1) is 16.9. The predicted octanol–water partition coefficient (Wildman–Crippen LogP) is 3.52. The van der Waals surface area contributed by atoms with Crippen LogP contribution in [0, 0.1) is 0 Å². The number of methoxy groups -OCH3 is 1. The zero-order valence-corrected chi connectivity index (χ0v) is 14.1. The van der Waals surface area contributed by atoms with Crippen molar-refractivity contribution in [2.24, 2.45) is 0 Å². The lowest BCUT2D eigenvalue weighted by molar-refractivity contribution is 0.0792. The van der Waals surface area contributed by atoms with Gasteiger partial charge in [0.15, 0.2) is 17.3 Å². The molecule has 2 rings (SSSR count). The zero-order chi connectivity index (χ0) is 16.8. The van der Waals surface area contributed by atoms with Crippen LogP contribution in [0.3, 0.4) is 0 Å². The van der Waals surface area contributed by atoms with Gasteiger partial charge in [-0.25, -0.2) is 0 Å². The number of hydrogen-bond acceptors (Lipinski definition) is 4. The molecular formula is C18H23NO4. The quantitative estimate of drug-likeness (QED) is 0.784. The average Bonchev–Trinajstić information content (AvgIpc) is 3.01. The highest BCUT2D eigenvalue weighted by Gasteiger charge is 2.14. The molecule has 5 nitrogen and oxygen atoms in total. The minimum absolute atomic E-state index is 0.169. The van der Waals surface area contributed by atoms with Crippen molar-refractivity contribution < 1.29 is 18.7 Å². The van der Waals surface area contributed by atoms with E-state index in [0.29, 0.717) is 23.0 Å². The molecule has 0 fully saturated rings. The molecule has 0 bridgehead atoms. The second kappa shape index (κ2) is 7.72. The van der Waals surface area contributed by atoms with E-state index >= 15 is 0 Å². The van der Waals surface area contributed by atoms with E-state index < -0.39 is 0 Å². The zero-order valence-electron chi connectivity index (χ0n) is 14.1. The third-order valence-electron chi connectivity index (χ3n) is 3.42. The van der Waals surface area contributed by atoms with Gasteiger partial charge in [-0.15, -0.1) is 0 Å². The summed E-state index contributed by atoms with van der Waals surface area (Å²) in [6.07, 6.45) is 2.09. The van der Waals surface area contributed by atoms with E-state index in [1.165, 1.54) is 10.5 Å². The molecule has 0 saturated carbocycles. The van der Waals surface area contributed by atoms with E-state index in [9.17, 15) is 4.79 Å². The Morgan fingerprint density at radius 1 is 1.17 bits per heavy atom. The Morgan fingerprint density at radius 3 is 2.61 bits per heavy atom. The fourth-order valence-electron chi connectivity index (χ4n) is 2.22. The Balaban J connectivity index is 2.04. The van der Waals surface area contributed by atoms with Crippen LogP contribution in [0.2, 0.25) is 0 Å². The van der Waals surface area contributed by atoms with Gasteiger partial charge < -0.3 is 18.8 Å². The van der Waals surface area contributed by atoms with E-state index in [2.05, 4.69) is 6.92 Å². The van der Waals surface area contributed by atoms with E-state index in [0.717, 1.165) is 12.8 Å². The molecule has 23 heavy (non-hydrogen) atoms. The molecule has 0 aliphatic heterocycles. The normalized spacial score (nSPS) is 10.4. The molecule has 0 unspecified atom stereocenters. The second-order valence-electron chi connectivity index (χ2n) is 5.49. The molecule has 0 aliphatic carbocycles. The largest absolute Gasteiger partial charge is 0.493 e. The summed E-state index contributed by atoms with van der Waals surface area (Å²) in [7, 11) is 4.99. The fraction of sp³-hybridized carbons (Fsp3) is 0.389. The number of carbonyl (C=O) groups excluding carboxylic acids is 1. The maximum Gasteiger partial charge on any atom is 0.289 e. The number of rotatable bonds is 7. The van der Waals surface area contributed by atoms with Crippen LogP contribution in [0.5, 0.6) is 11.5 Å². The van der Waals surface area contributed by atoms with Crippen LogP contribution in [0.4, 0.5) is 0 Å². The van der Waals surface area contributed by atoms with Gasteiger partial charge in [-0.2, -0.15) is 0 Å². The first-order chi connectivity index (χ1) is 11.0. The van der Waals surface area contributed by atoms with Crippen molar-refractivity contribution in [3.63, 3.8) is 0 Å². The molecule has 0 saturated heterocycles. The number of hydrogen-bond donors (Lipinski definition) is 0. The Morgan fingerprint density at radius 2 is 1.96 bits per heavy atom. The number of amides is 1. The summed E-state index contributed by atoms with van der Waals surface area (Å²) < 4.78 is 16.6. The third-order valence-corrected chi connectivity index (χ3v) is 3.42. The van der Waals surface area contributed by atoms with Crippen molar-refractivity contribution >= 4 is 5.91 Å². The molecule has 1 aromatic carbocycles. The van der Waals surface area contributed by atoms with E-state index in [1.807, 2.05) is 18.2 Å². The second-order valence-corrected chi connectivity index (χ2v) is 5.49. The topological polar surface area (TPSA) is 51.9 Å². The number of ether oxygens (including phenoxy) is 2. The molecule has 5 heteroatoms. The summed E-state index contributed by atoms with van der Waals surface area (Å²) >= 11 is 0. The van der Waals surface area contributed by atoms with Gasteiger partial charge in [0.25, 0.3) is 5.91 Å². The maximum atomic E-state index is 11.8. The molecule has 1 heterocycles. The smallest absolute Gasteiger partial charge is 0.289 e. The van der Waals surface area contributed by atoms with Gasteiger partial charge in [0.1, 0.15) is 12.4 Å². The van der Waals surface area contributed by atoms with Crippen molar-refractivity contribution in [3.8, 4) is 11.5 Å². The summed E-state index contributed by atoms with van der Waals surface area (Å²) in [6.45, 7) is 2.38. The highest BCUT2D eigenvalue weighted by atomic mass is 16.5. The van der Waals surface area contributed by atoms with Crippen LogP contribution < -0.4 is 9.47 Å². The Hall–Kier alpha value is -2.43. The molecular weight excluding hydrogens is 294 g/mol. The van der Waals surface area contributed by atoms with Crippen LogP contribution in [-0.4, -0.2) is 32.0 Å². The first-order valence-corrected chi connectivity index (χ1v) is 7.65. The van der Waals surface area contributed by atoms with E-state index in [1.54, 1.807) is 33.3 Å². The van der Waals surface area contributed by atoms with Gasteiger partial charge in [0, 0.05) is 14.1 Å². The standard InChI is InChI=1S/C18H23NO4/c1-5-6-13-7-9-15(17(11-13)21-4)22-12-14-8-10-16(23-14)18(20)19(2)3/h7-11H,5-6,12H2,1-4H3. The minimum atomic E-state index is -0.169. The van der Waals surface area contributed by atoms with Gasteiger partial charge in [0.05, 0.1) is 7.11 Å². The van der Waals surface area contributed by atoms with Gasteiger partial charge in [0.2, 0.25) is 0 Å². The van der Waals surface area contributed by atoms with Crippen molar-refractivity contribution in [1.29, 1.82) is 0 Å². The maximum absolute atomic E-state index is 11.8. The van der Waals surface area contributed by atoms with Gasteiger partial charge in [-0.1, -0.05) is 19.4 Å². The monoisotopic (exact) mass is 317 g/mol. The molecule has 0 radical (unpaired) electrons. The summed E-state index contributed by atoms with van der Waals surface area (Å²) in [6, 6.07) is 9.32. The SMILES string of the molecule is CCCc1ccc(OCc2ccc(C(=O)N(C)C)o2)c(OC)c1. The minimum Gasteiger partial charge on any atom is -0.493 e. The number of aryl methyl sites for hydroxylation is 1. The Kier molecular flexibility index (Phi) is 5.68. The highest BCUT2D eigenvalue weighted by Crippen LogP contribution is 2.29. The molecule has 1 amide bonds. The molecule has 2 aromatic rings.